The number of carbonyl (C=O) groups is 2. The van der Waals surface area contributed by atoms with Crippen LogP contribution in [0.15, 0.2) is 28.7 Å². The highest BCUT2D eigenvalue weighted by atomic mass is 79.9. The fourth-order valence-corrected chi connectivity index (χ4v) is 1.56. The Hall–Kier alpha value is -1.16. The molecular formula is C11H11BrO3. The van der Waals surface area contributed by atoms with Crippen LogP contribution in [-0.4, -0.2) is 18.4 Å². The number of halogens is 1. The van der Waals surface area contributed by atoms with E-state index in [9.17, 15) is 9.59 Å². The highest BCUT2D eigenvalue weighted by molar-refractivity contribution is 9.10. The van der Waals surface area contributed by atoms with E-state index in [4.69, 9.17) is 0 Å². The Bertz CT molecular complexity index is 374. The van der Waals surface area contributed by atoms with Gasteiger partial charge >= 0.3 is 5.97 Å². The lowest BCUT2D eigenvalue weighted by molar-refractivity contribution is -0.153. The van der Waals surface area contributed by atoms with Gasteiger partial charge in [0.2, 0.25) is 5.78 Å². The maximum absolute atomic E-state index is 11.3. The molecule has 0 saturated carbocycles. The van der Waals surface area contributed by atoms with Crippen LogP contribution in [0.4, 0.5) is 0 Å². The van der Waals surface area contributed by atoms with Crippen molar-refractivity contribution >= 4 is 27.7 Å². The summed E-state index contributed by atoms with van der Waals surface area (Å²) in [5.74, 6) is -1.28. The van der Waals surface area contributed by atoms with Crippen LogP contribution in [0, 0.1) is 0 Å². The molecule has 15 heavy (non-hydrogen) atoms. The Labute approximate surface area is 96.6 Å². The molecule has 1 aromatic carbocycles. The SMILES string of the molecule is CCOC(=O)C(=O)Cc1cccc(Br)c1. The highest BCUT2D eigenvalue weighted by Gasteiger charge is 2.14. The van der Waals surface area contributed by atoms with Crippen molar-refractivity contribution in [2.75, 3.05) is 6.61 Å². The largest absolute Gasteiger partial charge is 0.460 e. The lowest BCUT2D eigenvalue weighted by Gasteiger charge is -2.01. The first-order chi connectivity index (χ1) is 7.13. The van der Waals surface area contributed by atoms with Gasteiger partial charge in [-0.05, 0) is 24.6 Å². The van der Waals surface area contributed by atoms with E-state index >= 15 is 0 Å². The maximum atomic E-state index is 11.3. The third-order valence-corrected chi connectivity index (χ3v) is 2.25. The van der Waals surface area contributed by atoms with E-state index in [1.165, 1.54) is 0 Å². The summed E-state index contributed by atoms with van der Waals surface area (Å²) in [6.07, 6.45) is 0.0816. The molecule has 0 unspecified atom stereocenters. The van der Waals surface area contributed by atoms with E-state index in [-0.39, 0.29) is 13.0 Å². The molecule has 0 amide bonds. The number of rotatable bonds is 4. The molecule has 0 radical (unpaired) electrons. The Morgan fingerprint density at radius 2 is 2.13 bits per heavy atom. The number of Topliss-reactive ketones (excluding diaryl/α,β-unsaturated/α-hetero) is 1. The number of esters is 1. The van der Waals surface area contributed by atoms with Crippen LogP contribution >= 0.6 is 15.9 Å². The van der Waals surface area contributed by atoms with Gasteiger partial charge in [-0.1, -0.05) is 28.1 Å². The molecule has 0 aliphatic heterocycles. The van der Waals surface area contributed by atoms with Crippen LogP contribution in [0.1, 0.15) is 12.5 Å². The molecule has 0 aliphatic rings. The summed E-state index contributed by atoms with van der Waals surface area (Å²) in [6.45, 7) is 1.90. The fourth-order valence-electron chi connectivity index (χ4n) is 1.12. The summed E-state index contributed by atoms with van der Waals surface area (Å²) in [7, 11) is 0. The Kier molecular flexibility index (Phi) is 4.49. The fraction of sp³-hybridized carbons (Fsp3) is 0.273. The maximum Gasteiger partial charge on any atom is 0.374 e. The van der Waals surface area contributed by atoms with Gasteiger partial charge in [-0.3, -0.25) is 4.79 Å². The quantitative estimate of drug-likeness (QED) is 0.622. The molecule has 1 rings (SSSR count). The standard InChI is InChI=1S/C11H11BrO3/c1-2-15-11(14)10(13)7-8-4-3-5-9(12)6-8/h3-6H,2,7H2,1H3. The average molecular weight is 271 g/mol. The third kappa shape index (κ3) is 3.83. The summed E-state index contributed by atoms with van der Waals surface area (Å²) in [5, 5.41) is 0. The number of hydrogen-bond acceptors (Lipinski definition) is 3. The van der Waals surface area contributed by atoms with Gasteiger partial charge in [-0.25, -0.2) is 4.79 Å². The van der Waals surface area contributed by atoms with Crippen molar-refractivity contribution in [2.45, 2.75) is 13.3 Å². The predicted molar refractivity (Wildman–Crippen MR) is 59.5 cm³/mol. The molecule has 80 valence electrons. The first kappa shape index (κ1) is 11.9. The van der Waals surface area contributed by atoms with Gasteiger partial charge in [-0.2, -0.15) is 0 Å². The van der Waals surface area contributed by atoms with Crippen molar-refractivity contribution in [3.8, 4) is 0 Å². The second kappa shape index (κ2) is 5.66. The summed E-state index contributed by atoms with van der Waals surface area (Å²) in [6, 6.07) is 7.27. The smallest absolute Gasteiger partial charge is 0.374 e. The Balaban J connectivity index is 2.62. The van der Waals surface area contributed by atoms with E-state index in [0.717, 1.165) is 10.0 Å². The van der Waals surface area contributed by atoms with Gasteiger partial charge in [0.25, 0.3) is 0 Å². The topological polar surface area (TPSA) is 43.4 Å². The molecule has 0 spiro atoms. The second-order valence-electron chi connectivity index (χ2n) is 2.95. The minimum Gasteiger partial charge on any atom is -0.460 e. The first-order valence-electron chi connectivity index (χ1n) is 4.58. The predicted octanol–water partition coefficient (Wildman–Crippen LogP) is 2.12. The van der Waals surface area contributed by atoms with Crippen LogP contribution in [0.3, 0.4) is 0 Å². The van der Waals surface area contributed by atoms with Gasteiger partial charge in [0.05, 0.1) is 6.61 Å². The summed E-state index contributed by atoms with van der Waals surface area (Å²) in [4.78, 5) is 22.4. The van der Waals surface area contributed by atoms with Crippen LogP contribution in [0.5, 0.6) is 0 Å². The highest BCUT2D eigenvalue weighted by Crippen LogP contribution is 2.12. The van der Waals surface area contributed by atoms with Crippen LogP contribution in [-0.2, 0) is 20.7 Å². The summed E-state index contributed by atoms with van der Waals surface area (Å²) >= 11 is 3.29. The average Bonchev–Trinajstić information content (AvgIpc) is 2.18. The van der Waals surface area contributed by atoms with Crippen molar-refractivity contribution in [1.82, 2.24) is 0 Å². The van der Waals surface area contributed by atoms with Crippen LogP contribution in [0.2, 0.25) is 0 Å². The van der Waals surface area contributed by atoms with Crippen molar-refractivity contribution in [2.24, 2.45) is 0 Å². The lowest BCUT2D eigenvalue weighted by Crippen LogP contribution is -2.19. The van der Waals surface area contributed by atoms with E-state index in [1.54, 1.807) is 19.1 Å². The molecule has 0 heterocycles. The molecule has 0 atom stereocenters. The minimum atomic E-state index is -0.766. The minimum absolute atomic E-state index is 0.0816. The lowest BCUT2D eigenvalue weighted by atomic mass is 10.1. The summed E-state index contributed by atoms with van der Waals surface area (Å²) in [5.41, 5.74) is 0.794. The zero-order chi connectivity index (χ0) is 11.3. The number of ketones is 1. The first-order valence-corrected chi connectivity index (χ1v) is 5.37. The number of ether oxygens (including phenoxy) is 1. The van der Waals surface area contributed by atoms with Gasteiger partial charge in [0.1, 0.15) is 0 Å². The molecular weight excluding hydrogens is 260 g/mol. The molecule has 4 heteroatoms. The summed E-state index contributed by atoms with van der Waals surface area (Å²) < 4.78 is 5.49. The monoisotopic (exact) mass is 270 g/mol. The van der Waals surface area contributed by atoms with Gasteiger partial charge in [0, 0.05) is 10.9 Å². The van der Waals surface area contributed by atoms with Crippen LogP contribution in [0.25, 0.3) is 0 Å². The Morgan fingerprint density at radius 3 is 2.73 bits per heavy atom. The molecule has 0 saturated heterocycles. The van der Waals surface area contributed by atoms with Gasteiger partial charge in [-0.15, -0.1) is 0 Å². The van der Waals surface area contributed by atoms with Gasteiger partial charge in [0.15, 0.2) is 0 Å². The molecule has 0 aromatic heterocycles. The van der Waals surface area contributed by atoms with E-state index in [2.05, 4.69) is 20.7 Å². The normalized spacial score (nSPS) is 9.73. The number of benzene rings is 1. The Morgan fingerprint density at radius 1 is 1.40 bits per heavy atom. The molecule has 1 aromatic rings. The van der Waals surface area contributed by atoms with E-state index < -0.39 is 11.8 Å². The van der Waals surface area contributed by atoms with E-state index in [1.807, 2.05) is 12.1 Å². The van der Waals surface area contributed by atoms with E-state index in [0.29, 0.717) is 0 Å². The molecule has 0 N–H and O–H groups in total. The molecule has 3 nitrogen and oxygen atoms in total. The van der Waals surface area contributed by atoms with Crippen molar-refractivity contribution < 1.29 is 14.3 Å². The van der Waals surface area contributed by atoms with Crippen LogP contribution < -0.4 is 0 Å². The number of carbonyl (C=O) groups excluding carboxylic acids is 2. The molecule has 0 bridgehead atoms. The number of hydrogen-bond donors (Lipinski definition) is 0. The molecule has 0 fully saturated rings. The zero-order valence-electron chi connectivity index (χ0n) is 8.33. The molecule has 0 aliphatic carbocycles. The van der Waals surface area contributed by atoms with Gasteiger partial charge < -0.3 is 4.74 Å². The van der Waals surface area contributed by atoms with Crippen molar-refractivity contribution in [1.29, 1.82) is 0 Å². The van der Waals surface area contributed by atoms with Crippen molar-refractivity contribution in [3.63, 3.8) is 0 Å². The van der Waals surface area contributed by atoms with Crippen molar-refractivity contribution in [3.05, 3.63) is 34.3 Å². The zero-order valence-corrected chi connectivity index (χ0v) is 9.91. The second-order valence-corrected chi connectivity index (χ2v) is 3.87. The third-order valence-electron chi connectivity index (χ3n) is 1.76.